The lowest BCUT2D eigenvalue weighted by molar-refractivity contribution is -0.891. The lowest BCUT2D eigenvalue weighted by Gasteiger charge is -2.14. The van der Waals surface area contributed by atoms with Gasteiger partial charge in [-0.05, 0) is 0 Å². The van der Waals surface area contributed by atoms with Crippen LogP contribution < -0.4 is 25.7 Å². The molecule has 0 amide bonds. The molecule has 2 rings (SSSR count). The van der Waals surface area contributed by atoms with E-state index in [0.29, 0.717) is 0 Å². The van der Waals surface area contributed by atoms with Crippen molar-refractivity contribution in [3.8, 4) is 0 Å². The number of halogens is 6. The first-order valence-corrected chi connectivity index (χ1v) is 7.51. The molecule has 0 spiro atoms. The summed E-state index contributed by atoms with van der Waals surface area (Å²) in [6.07, 6.45) is -5.20. The highest BCUT2D eigenvalue weighted by atomic mass is 19.4. The van der Waals surface area contributed by atoms with Crippen molar-refractivity contribution in [1.82, 2.24) is 5.32 Å². The number of hydrogen-bond donors (Lipinski definition) is 3. The summed E-state index contributed by atoms with van der Waals surface area (Å²) in [4.78, 5) is 23.5. The van der Waals surface area contributed by atoms with E-state index in [1.165, 1.54) is 31.9 Å². The number of rotatable bonds is 2. The fourth-order valence-corrected chi connectivity index (χ4v) is 1.85. The highest BCUT2D eigenvalue weighted by Crippen LogP contribution is 2.12. The van der Waals surface area contributed by atoms with Gasteiger partial charge >= 0.3 is 12.4 Å². The van der Waals surface area contributed by atoms with Crippen molar-refractivity contribution in [2.24, 2.45) is 4.99 Å². The lowest BCUT2D eigenvalue weighted by atomic mass is 10.4. The van der Waals surface area contributed by atoms with Crippen molar-refractivity contribution in [1.29, 1.82) is 0 Å². The lowest BCUT2D eigenvalue weighted by Crippen LogP contribution is -3.15. The number of carbonyl (C=O) groups is 2. The van der Waals surface area contributed by atoms with Crippen LogP contribution in [0, 0.1) is 0 Å². The number of quaternary nitrogens is 2. The van der Waals surface area contributed by atoms with Gasteiger partial charge in [0.2, 0.25) is 0 Å². The molecule has 2 aliphatic heterocycles. The van der Waals surface area contributed by atoms with Crippen LogP contribution in [0.25, 0.3) is 0 Å². The zero-order chi connectivity index (χ0) is 21.1. The molecule has 4 N–H and O–H groups in total. The van der Waals surface area contributed by atoms with Gasteiger partial charge in [-0.2, -0.15) is 31.3 Å². The van der Waals surface area contributed by atoms with Crippen molar-refractivity contribution in [3.63, 3.8) is 0 Å². The van der Waals surface area contributed by atoms with Crippen LogP contribution in [0.15, 0.2) is 17.4 Å². The molecule has 1 saturated heterocycles. The first-order valence-electron chi connectivity index (χ1n) is 7.51. The largest absolute Gasteiger partial charge is 0.542 e. The molecule has 8 nitrogen and oxygen atoms in total. The Hall–Kier alpha value is -2.19. The molecule has 1 unspecified atom stereocenters. The molecular formula is C13H18F6N4O4. The van der Waals surface area contributed by atoms with Crippen LogP contribution >= 0.6 is 0 Å². The second kappa shape index (κ2) is 11.5. The number of nitrogens with zero attached hydrogens (tertiary/aromatic N) is 1. The molecule has 0 saturated carbocycles. The molecule has 0 aromatic heterocycles. The van der Waals surface area contributed by atoms with Crippen LogP contribution in [0.2, 0.25) is 0 Å². The molecule has 0 aromatic carbocycles. The molecular weight excluding hydrogens is 390 g/mol. The molecule has 2 heterocycles. The van der Waals surface area contributed by atoms with Crippen molar-refractivity contribution < 1.29 is 56.4 Å². The van der Waals surface area contributed by atoms with Gasteiger partial charge in [0, 0.05) is 19.5 Å². The Morgan fingerprint density at radius 1 is 1.07 bits per heavy atom. The van der Waals surface area contributed by atoms with Crippen LogP contribution in [-0.2, 0) is 9.59 Å². The summed E-state index contributed by atoms with van der Waals surface area (Å²) < 4.78 is 63.1. The number of aliphatic carboxylic acids is 2. The van der Waals surface area contributed by atoms with Crippen molar-refractivity contribution >= 4 is 17.8 Å². The number of amidine groups is 1. The predicted octanol–water partition coefficient (Wildman–Crippen LogP) is -4.09. The Balaban J connectivity index is 0.000000416. The summed E-state index contributed by atoms with van der Waals surface area (Å²) in [6, 6.07) is 0. The Bertz CT molecular complexity index is 516. The monoisotopic (exact) mass is 408 g/mol. The van der Waals surface area contributed by atoms with Gasteiger partial charge in [0.15, 0.2) is 6.54 Å². The van der Waals surface area contributed by atoms with Gasteiger partial charge in [0.1, 0.15) is 18.1 Å². The summed E-state index contributed by atoms with van der Waals surface area (Å²) in [5.74, 6) is -4.78. The fourth-order valence-electron chi connectivity index (χ4n) is 1.85. The number of nitrogens with two attached hydrogens (primary N) is 1. The maximum atomic E-state index is 10.5. The predicted molar refractivity (Wildman–Crippen MR) is 73.7 cm³/mol. The molecule has 0 radical (unpaired) electrons. The minimum Gasteiger partial charge on any atom is -0.542 e. The van der Waals surface area contributed by atoms with Crippen molar-refractivity contribution in [2.75, 3.05) is 32.7 Å². The van der Waals surface area contributed by atoms with E-state index in [9.17, 15) is 26.3 Å². The first-order chi connectivity index (χ1) is 12.3. The maximum Gasteiger partial charge on any atom is 0.430 e. The number of aliphatic imine (C=N–C) groups is 1. The van der Waals surface area contributed by atoms with Crippen molar-refractivity contribution in [2.45, 2.75) is 18.8 Å². The standard InChI is InChI=1S/C9H16N4.2C2HF3O2/c1-2-10-5-7-13(6-1)8-9-11-3-4-12-9;2*3-2(4,5)1(6)7/h3-4,10H,1-2,5-8H2,(H,11,12);2*(H,6,7). The number of carbonyl (C=O) groups excluding carboxylic acids is 2. The molecule has 0 aromatic rings. The highest BCUT2D eigenvalue weighted by molar-refractivity contribution is 5.75. The van der Waals surface area contributed by atoms with Gasteiger partial charge in [-0.1, -0.05) is 0 Å². The average Bonchev–Trinajstić information content (AvgIpc) is 2.89. The molecule has 2 aliphatic rings. The minimum atomic E-state index is -5.19. The Kier molecular flexibility index (Phi) is 10.6. The van der Waals surface area contributed by atoms with Crippen LogP contribution in [-0.4, -0.2) is 62.9 Å². The van der Waals surface area contributed by atoms with Crippen LogP contribution in [0.3, 0.4) is 0 Å². The zero-order valence-corrected chi connectivity index (χ0v) is 13.8. The Labute approximate surface area is 149 Å². The SMILES string of the molecule is C1=C[NH2+]C(C[NH+]2CCCNCC2)=N1.O=C([O-])C(F)(F)F.O=C([O-])C(F)(F)F. The smallest absolute Gasteiger partial charge is 0.430 e. The van der Waals surface area contributed by atoms with E-state index in [0.717, 1.165) is 13.1 Å². The second-order valence-corrected chi connectivity index (χ2v) is 5.23. The van der Waals surface area contributed by atoms with E-state index in [1.807, 2.05) is 12.4 Å². The Morgan fingerprint density at radius 3 is 2.00 bits per heavy atom. The van der Waals surface area contributed by atoms with E-state index in [1.54, 1.807) is 4.90 Å². The molecule has 0 aliphatic carbocycles. The number of alkyl halides is 6. The molecule has 1 fully saturated rings. The van der Waals surface area contributed by atoms with Gasteiger partial charge in [0.25, 0.3) is 5.84 Å². The Morgan fingerprint density at radius 2 is 1.59 bits per heavy atom. The van der Waals surface area contributed by atoms with Crippen LogP contribution in [0.4, 0.5) is 26.3 Å². The van der Waals surface area contributed by atoms with E-state index in [2.05, 4.69) is 15.6 Å². The maximum absolute atomic E-state index is 10.5. The third-order valence-electron chi connectivity index (χ3n) is 3.05. The number of hydrogen-bond acceptors (Lipinski definition) is 6. The molecule has 156 valence electrons. The first kappa shape index (κ1) is 24.8. The van der Waals surface area contributed by atoms with Crippen molar-refractivity contribution in [3.05, 3.63) is 12.4 Å². The summed E-state index contributed by atoms with van der Waals surface area (Å²) >= 11 is 0. The number of nitrogens with one attached hydrogen (secondary N) is 2. The quantitative estimate of drug-likeness (QED) is 0.401. The summed E-state index contributed by atoms with van der Waals surface area (Å²) in [5.41, 5.74) is 0. The number of carboxylic acids is 2. The van der Waals surface area contributed by atoms with E-state index in [4.69, 9.17) is 19.8 Å². The molecule has 0 bridgehead atoms. The summed E-state index contributed by atoms with van der Waals surface area (Å²) in [7, 11) is 0. The van der Waals surface area contributed by atoms with Gasteiger partial charge in [-0.25, -0.2) is 0 Å². The molecule has 14 heteroatoms. The third-order valence-corrected chi connectivity index (χ3v) is 3.05. The average molecular weight is 408 g/mol. The second-order valence-electron chi connectivity index (χ2n) is 5.23. The molecule has 27 heavy (non-hydrogen) atoms. The van der Waals surface area contributed by atoms with E-state index >= 15 is 0 Å². The van der Waals surface area contributed by atoms with Gasteiger partial charge < -0.3 is 30.0 Å². The number of carboxylic acid groups (broad SMARTS) is 2. The van der Waals surface area contributed by atoms with E-state index < -0.39 is 24.3 Å². The summed E-state index contributed by atoms with van der Waals surface area (Å²) in [5, 5.41) is 23.1. The van der Waals surface area contributed by atoms with Gasteiger partial charge in [0.05, 0.1) is 19.3 Å². The van der Waals surface area contributed by atoms with Crippen LogP contribution in [0.5, 0.6) is 0 Å². The summed E-state index contributed by atoms with van der Waals surface area (Å²) in [6.45, 7) is 5.93. The topological polar surface area (TPSA) is 126 Å². The normalized spacial score (nSPS) is 19.6. The third kappa shape index (κ3) is 12.7. The fraction of sp³-hybridized carbons (Fsp3) is 0.615. The van der Waals surface area contributed by atoms with Crippen LogP contribution in [0.1, 0.15) is 6.42 Å². The minimum absolute atomic E-state index is 1.09. The van der Waals surface area contributed by atoms with Gasteiger partial charge in [-0.15, -0.1) is 0 Å². The zero-order valence-electron chi connectivity index (χ0n) is 13.8. The van der Waals surface area contributed by atoms with Gasteiger partial charge in [-0.3, -0.25) is 5.32 Å². The highest BCUT2D eigenvalue weighted by Gasteiger charge is 2.29. The molecule has 1 atom stereocenters. The van der Waals surface area contributed by atoms with E-state index in [-0.39, 0.29) is 0 Å².